The average molecular weight is 456 g/mol. The van der Waals surface area contributed by atoms with Crippen LogP contribution in [-0.4, -0.2) is 17.8 Å². The van der Waals surface area contributed by atoms with Crippen LogP contribution < -0.4 is 9.46 Å². The van der Waals surface area contributed by atoms with Gasteiger partial charge in [-0.3, -0.25) is 4.72 Å². The van der Waals surface area contributed by atoms with E-state index in [1.54, 1.807) is 24.3 Å². The van der Waals surface area contributed by atoms with Crippen LogP contribution in [0.5, 0.6) is 11.5 Å². The molecule has 1 N–H and O–H groups in total. The van der Waals surface area contributed by atoms with E-state index in [0.717, 1.165) is 11.2 Å². The van der Waals surface area contributed by atoms with Gasteiger partial charge < -0.3 is 9.14 Å². The molecule has 2 heterocycles. The summed E-state index contributed by atoms with van der Waals surface area (Å²) in [5, 5.41) is 0. The number of hydrogen-bond donors (Lipinski definition) is 1. The van der Waals surface area contributed by atoms with Crippen LogP contribution in [-0.2, 0) is 10.0 Å². The summed E-state index contributed by atoms with van der Waals surface area (Å²) in [4.78, 5) is 4.85. The smallest absolute Gasteiger partial charge is 0.261 e. The SMILES string of the molecule is Cc1cccn2cc(-c3ccccc3NS(=O)(=O)c3ccc(Oc4ccccc4)cc3)nc12. The first-order valence-corrected chi connectivity index (χ1v) is 11.9. The fourth-order valence-corrected chi connectivity index (χ4v) is 4.67. The van der Waals surface area contributed by atoms with Gasteiger partial charge in [-0.2, -0.15) is 0 Å². The highest BCUT2D eigenvalue weighted by Gasteiger charge is 2.18. The lowest BCUT2D eigenvalue weighted by molar-refractivity contribution is 0.482. The molecule has 5 aromatic rings. The second kappa shape index (κ2) is 8.44. The van der Waals surface area contributed by atoms with E-state index in [1.165, 1.54) is 12.1 Å². The van der Waals surface area contributed by atoms with Gasteiger partial charge in [-0.25, -0.2) is 13.4 Å². The van der Waals surface area contributed by atoms with Crippen LogP contribution in [0.1, 0.15) is 5.56 Å². The second-order valence-electron chi connectivity index (χ2n) is 7.59. The zero-order valence-corrected chi connectivity index (χ0v) is 18.7. The zero-order valence-electron chi connectivity index (χ0n) is 17.8. The molecule has 0 saturated heterocycles. The van der Waals surface area contributed by atoms with Gasteiger partial charge in [0.05, 0.1) is 16.3 Å². The number of sulfonamides is 1. The number of aromatic nitrogens is 2. The monoisotopic (exact) mass is 455 g/mol. The van der Waals surface area contributed by atoms with Crippen molar-refractivity contribution in [2.24, 2.45) is 0 Å². The zero-order chi connectivity index (χ0) is 22.8. The molecule has 0 aliphatic carbocycles. The van der Waals surface area contributed by atoms with E-state index < -0.39 is 10.0 Å². The third-order valence-corrected chi connectivity index (χ3v) is 6.62. The van der Waals surface area contributed by atoms with Crippen molar-refractivity contribution in [3.63, 3.8) is 0 Å². The normalized spacial score (nSPS) is 11.4. The molecule has 0 amide bonds. The van der Waals surface area contributed by atoms with Gasteiger partial charge in [0.15, 0.2) is 0 Å². The van der Waals surface area contributed by atoms with E-state index in [4.69, 9.17) is 9.72 Å². The molecule has 0 saturated carbocycles. The molecule has 0 aliphatic heterocycles. The molecular weight excluding hydrogens is 434 g/mol. The predicted octanol–water partition coefficient (Wildman–Crippen LogP) is 5.90. The Balaban J connectivity index is 1.42. The Kier molecular flexibility index (Phi) is 5.32. The van der Waals surface area contributed by atoms with Crippen LogP contribution in [0.2, 0.25) is 0 Å². The molecule has 7 heteroatoms. The van der Waals surface area contributed by atoms with Gasteiger partial charge in [0.1, 0.15) is 17.1 Å². The van der Waals surface area contributed by atoms with Gasteiger partial charge in [-0.1, -0.05) is 42.5 Å². The van der Waals surface area contributed by atoms with Gasteiger partial charge in [-0.15, -0.1) is 0 Å². The Morgan fingerprint density at radius 1 is 0.818 bits per heavy atom. The Morgan fingerprint density at radius 3 is 2.27 bits per heavy atom. The van der Waals surface area contributed by atoms with Crippen LogP contribution in [0, 0.1) is 6.92 Å². The van der Waals surface area contributed by atoms with Gasteiger partial charge in [0, 0.05) is 18.0 Å². The number of hydrogen-bond acceptors (Lipinski definition) is 4. The van der Waals surface area contributed by atoms with Crippen molar-refractivity contribution in [1.82, 2.24) is 9.38 Å². The number of rotatable bonds is 6. The van der Waals surface area contributed by atoms with Crippen molar-refractivity contribution in [1.29, 1.82) is 0 Å². The van der Waals surface area contributed by atoms with Crippen molar-refractivity contribution < 1.29 is 13.2 Å². The molecule has 0 radical (unpaired) electrons. The largest absolute Gasteiger partial charge is 0.457 e. The van der Waals surface area contributed by atoms with E-state index in [1.807, 2.05) is 78.3 Å². The lowest BCUT2D eigenvalue weighted by Crippen LogP contribution is -2.13. The molecule has 33 heavy (non-hydrogen) atoms. The van der Waals surface area contributed by atoms with Gasteiger partial charge in [0.25, 0.3) is 10.0 Å². The summed E-state index contributed by atoms with van der Waals surface area (Å²) in [6.07, 6.45) is 3.82. The number of para-hydroxylation sites is 2. The summed E-state index contributed by atoms with van der Waals surface area (Å²) < 4.78 is 36.6. The highest BCUT2D eigenvalue weighted by Crippen LogP contribution is 2.30. The summed E-state index contributed by atoms with van der Waals surface area (Å²) in [7, 11) is -3.81. The number of imidazole rings is 1. The maximum Gasteiger partial charge on any atom is 0.261 e. The molecule has 2 aromatic heterocycles. The number of nitrogens with one attached hydrogen (secondary N) is 1. The van der Waals surface area contributed by atoms with Crippen LogP contribution >= 0.6 is 0 Å². The van der Waals surface area contributed by atoms with Crippen LogP contribution in [0.15, 0.2) is 108 Å². The molecule has 6 nitrogen and oxygen atoms in total. The van der Waals surface area contributed by atoms with Gasteiger partial charge in [0.2, 0.25) is 0 Å². The minimum Gasteiger partial charge on any atom is -0.457 e. The van der Waals surface area contributed by atoms with Gasteiger partial charge in [-0.05, 0) is 61.0 Å². The lowest BCUT2D eigenvalue weighted by Gasteiger charge is -2.12. The van der Waals surface area contributed by atoms with Crippen molar-refractivity contribution in [2.75, 3.05) is 4.72 Å². The van der Waals surface area contributed by atoms with Crippen molar-refractivity contribution in [3.8, 4) is 22.8 Å². The first kappa shape index (κ1) is 20.8. The molecule has 3 aromatic carbocycles. The minimum absolute atomic E-state index is 0.142. The number of aryl methyl sites for hydroxylation is 1. The first-order chi connectivity index (χ1) is 16.0. The molecule has 0 aliphatic rings. The Labute approximate surface area is 192 Å². The Hall–Kier alpha value is -4.10. The number of pyridine rings is 1. The Morgan fingerprint density at radius 2 is 1.52 bits per heavy atom. The van der Waals surface area contributed by atoms with E-state index in [2.05, 4.69) is 4.72 Å². The number of benzene rings is 3. The number of anilines is 1. The molecule has 5 rings (SSSR count). The highest BCUT2D eigenvalue weighted by molar-refractivity contribution is 7.92. The number of fused-ring (bicyclic) bond motifs is 1. The molecule has 0 spiro atoms. The second-order valence-corrected chi connectivity index (χ2v) is 9.27. The maximum absolute atomic E-state index is 13.1. The fraction of sp³-hybridized carbons (Fsp3) is 0.0385. The minimum atomic E-state index is -3.81. The van der Waals surface area contributed by atoms with Gasteiger partial charge >= 0.3 is 0 Å². The molecule has 0 bridgehead atoms. The average Bonchev–Trinajstić information content (AvgIpc) is 3.26. The van der Waals surface area contributed by atoms with E-state index >= 15 is 0 Å². The maximum atomic E-state index is 13.1. The summed E-state index contributed by atoms with van der Waals surface area (Å²) in [6.45, 7) is 1.99. The Bertz CT molecular complexity index is 1530. The molecule has 0 fully saturated rings. The molecule has 0 unspecified atom stereocenters. The quantitative estimate of drug-likeness (QED) is 0.346. The highest BCUT2D eigenvalue weighted by atomic mass is 32.2. The van der Waals surface area contributed by atoms with E-state index in [9.17, 15) is 8.42 Å². The third-order valence-electron chi connectivity index (χ3n) is 5.24. The number of nitrogens with zero attached hydrogens (tertiary/aromatic N) is 2. The topological polar surface area (TPSA) is 72.7 Å². The van der Waals surface area contributed by atoms with Crippen molar-refractivity contribution >= 4 is 21.4 Å². The van der Waals surface area contributed by atoms with E-state index in [0.29, 0.717) is 28.4 Å². The summed E-state index contributed by atoms with van der Waals surface area (Å²) >= 11 is 0. The molecular formula is C26H21N3O3S. The van der Waals surface area contributed by atoms with Crippen LogP contribution in [0.3, 0.4) is 0 Å². The summed E-state index contributed by atoms with van der Waals surface area (Å²) in [6, 6.07) is 26.8. The molecule has 0 atom stereocenters. The predicted molar refractivity (Wildman–Crippen MR) is 129 cm³/mol. The van der Waals surface area contributed by atoms with Crippen molar-refractivity contribution in [2.45, 2.75) is 11.8 Å². The first-order valence-electron chi connectivity index (χ1n) is 10.4. The number of ether oxygens (including phenoxy) is 1. The summed E-state index contributed by atoms with van der Waals surface area (Å²) in [5.74, 6) is 1.24. The fourth-order valence-electron chi connectivity index (χ4n) is 3.59. The lowest BCUT2D eigenvalue weighted by atomic mass is 10.1. The van der Waals surface area contributed by atoms with Crippen LogP contribution in [0.4, 0.5) is 5.69 Å². The third kappa shape index (κ3) is 4.31. The summed E-state index contributed by atoms with van der Waals surface area (Å²) in [5.41, 5.74) is 3.73. The van der Waals surface area contributed by atoms with E-state index in [-0.39, 0.29) is 4.90 Å². The standard InChI is InChI=1S/C26H21N3O3S/c1-19-8-7-17-29-18-25(27-26(19)29)23-11-5-6-12-24(23)28-33(30,31)22-15-13-21(14-16-22)32-20-9-3-2-4-10-20/h2-18,28H,1H3. The molecule has 164 valence electrons. The van der Waals surface area contributed by atoms with Crippen molar-refractivity contribution in [3.05, 3.63) is 109 Å². The van der Waals surface area contributed by atoms with Crippen LogP contribution in [0.25, 0.3) is 16.9 Å².